The Morgan fingerprint density at radius 3 is 1.50 bits per heavy atom. The molecular weight excluding hydrogens is 438 g/mol. The highest BCUT2D eigenvalue weighted by atomic mass is 127. The van der Waals surface area contributed by atoms with Crippen molar-refractivity contribution in [2.45, 2.75) is 34.5 Å². The summed E-state index contributed by atoms with van der Waals surface area (Å²) in [5.74, 6) is -0.500. The number of hydrogen-bond donors (Lipinski definition) is 0. The molecule has 2 unspecified atom stereocenters. The van der Waals surface area contributed by atoms with Crippen LogP contribution in [0.1, 0.15) is 26.7 Å². The Hall–Kier alpha value is 0.400. The largest absolute Gasteiger partial charge is 0.462 e. The van der Waals surface area contributed by atoms with Crippen LogP contribution in [0.5, 0.6) is 0 Å². The van der Waals surface area contributed by atoms with E-state index in [4.69, 9.17) is 9.47 Å². The smallest absolute Gasteiger partial charge is 0.306 e. The van der Waals surface area contributed by atoms with Crippen molar-refractivity contribution in [3.63, 3.8) is 0 Å². The van der Waals surface area contributed by atoms with E-state index in [-0.39, 0.29) is 33.0 Å². The average molecular weight is 454 g/mol. The first kappa shape index (κ1) is 16.4. The molecule has 2 atom stereocenters. The van der Waals surface area contributed by atoms with Crippen LogP contribution in [0.3, 0.4) is 0 Å². The molecule has 0 rings (SSSR count). The van der Waals surface area contributed by atoms with E-state index in [0.29, 0.717) is 12.8 Å². The normalized spacial score (nSPS) is 14.0. The van der Waals surface area contributed by atoms with E-state index in [1.165, 1.54) is 0 Å². The standard InChI is InChI=1S/C10H16I2O4/c1-7(11)5-9(13)15-3-4-16-10(14)6-8(2)12/h7-8H,3-6H2,1-2H3. The molecule has 0 bridgehead atoms. The summed E-state index contributed by atoms with van der Waals surface area (Å²) in [6.45, 7) is 4.15. The number of ether oxygens (including phenoxy) is 2. The third-order valence-corrected chi connectivity index (χ3v) is 2.39. The Kier molecular flexibility index (Phi) is 9.67. The lowest BCUT2D eigenvalue weighted by Crippen LogP contribution is -2.16. The van der Waals surface area contributed by atoms with Gasteiger partial charge in [-0.25, -0.2) is 0 Å². The molecule has 0 aromatic heterocycles. The van der Waals surface area contributed by atoms with E-state index in [2.05, 4.69) is 45.2 Å². The predicted molar refractivity (Wildman–Crippen MR) is 78.1 cm³/mol. The molecule has 4 nitrogen and oxygen atoms in total. The topological polar surface area (TPSA) is 52.6 Å². The lowest BCUT2D eigenvalue weighted by Gasteiger charge is -2.07. The van der Waals surface area contributed by atoms with Gasteiger partial charge in [0.25, 0.3) is 0 Å². The van der Waals surface area contributed by atoms with Crippen molar-refractivity contribution in [2.75, 3.05) is 13.2 Å². The first-order chi connectivity index (χ1) is 7.41. The van der Waals surface area contributed by atoms with Crippen LogP contribution in [-0.4, -0.2) is 33.0 Å². The number of alkyl halides is 2. The third-order valence-electron chi connectivity index (χ3n) is 1.51. The lowest BCUT2D eigenvalue weighted by atomic mass is 10.3. The van der Waals surface area contributed by atoms with Gasteiger partial charge in [0.05, 0.1) is 12.8 Å². The van der Waals surface area contributed by atoms with Crippen molar-refractivity contribution in [1.82, 2.24) is 0 Å². The molecule has 0 aliphatic rings. The Morgan fingerprint density at radius 2 is 1.25 bits per heavy atom. The minimum absolute atomic E-state index is 0.142. The summed E-state index contributed by atoms with van der Waals surface area (Å²) in [7, 11) is 0. The zero-order valence-electron chi connectivity index (χ0n) is 9.37. The molecule has 0 heterocycles. The van der Waals surface area contributed by atoms with Crippen molar-refractivity contribution < 1.29 is 19.1 Å². The van der Waals surface area contributed by atoms with E-state index in [0.717, 1.165) is 0 Å². The number of carbonyl (C=O) groups is 2. The first-order valence-corrected chi connectivity index (χ1v) is 7.50. The van der Waals surface area contributed by atoms with E-state index in [1.54, 1.807) is 0 Å². The van der Waals surface area contributed by atoms with Crippen LogP contribution in [0.2, 0.25) is 0 Å². The van der Waals surface area contributed by atoms with Gasteiger partial charge >= 0.3 is 11.9 Å². The molecule has 0 saturated carbocycles. The monoisotopic (exact) mass is 454 g/mol. The van der Waals surface area contributed by atoms with Crippen LogP contribution in [0, 0.1) is 0 Å². The zero-order valence-corrected chi connectivity index (χ0v) is 13.7. The van der Waals surface area contributed by atoms with Crippen LogP contribution in [0.15, 0.2) is 0 Å². The highest BCUT2D eigenvalue weighted by molar-refractivity contribution is 14.1. The molecule has 16 heavy (non-hydrogen) atoms. The highest BCUT2D eigenvalue weighted by Crippen LogP contribution is 2.06. The Bertz CT molecular complexity index is 205. The molecule has 0 aromatic carbocycles. The van der Waals surface area contributed by atoms with E-state index in [9.17, 15) is 9.59 Å². The SMILES string of the molecule is CC(I)CC(=O)OCCOC(=O)CC(C)I. The molecule has 0 fully saturated rings. The number of carbonyl (C=O) groups excluding carboxylic acids is 2. The summed E-state index contributed by atoms with van der Waals surface area (Å²) >= 11 is 4.31. The van der Waals surface area contributed by atoms with Gasteiger partial charge in [0.15, 0.2) is 0 Å². The van der Waals surface area contributed by atoms with Gasteiger partial charge in [-0.05, 0) is 0 Å². The van der Waals surface area contributed by atoms with Gasteiger partial charge < -0.3 is 9.47 Å². The Morgan fingerprint density at radius 1 is 0.938 bits per heavy atom. The summed E-state index contributed by atoms with van der Waals surface area (Å²) in [6.07, 6.45) is 0.776. The van der Waals surface area contributed by atoms with Gasteiger partial charge in [0.1, 0.15) is 13.2 Å². The van der Waals surface area contributed by atoms with Crippen LogP contribution >= 0.6 is 45.2 Å². The maximum atomic E-state index is 11.1. The zero-order chi connectivity index (χ0) is 12.6. The van der Waals surface area contributed by atoms with Crippen molar-refractivity contribution in [3.8, 4) is 0 Å². The fourth-order valence-electron chi connectivity index (χ4n) is 0.888. The first-order valence-electron chi connectivity index (χ1n) is 5.01. The molecule has 0 aliphatic carbocycles. The van der Waals surface area contributed by atoms with Crippen molar-refractivity contribution >= 4 is 57.1 Å². The molecule has 0 radical (unpaired) electrons. The summed E-state index contributed by atoms with van der Waals surface area (Å²) in [6, 6.07) is 0. The van der Waals surface area contributed by atoms with Gasteiger partial charge in [0.2, 0.25) is 0 Å². The van der Waals surface area contributed by atoms with Crippen molar-refractivity contribution in [2.24, 2.45) is 0 Å². The molecule has 0 aromatic rings. The molecule has 0 saturated heterocycles. The van der Waals surface area contributed by atoms with E-state index >= 15 is 0 Å². The fraction of sp³-hybridized carbons (Fsp3) is 0.800. The fourth-order valence-corrected chi connectivity index (χ4v) is 1.61. The van der Waals surface area contributed by atoms with Crippen molar-refractivity contribution in [1.29, 1.82) is 0 Å². The number of hydrogen-bond acceptors (Lipinski definition) is 4. The summed E-state index contributed by atoms with van der Waals surface area (Å²) in [5.41, 5.74) is 0. The molecule has 0 amide bonds. The highest BCUT2D eigenvalue weighted by Gasteiger charge is 2.09. The molecule has 0 aliphatic heterocycles. The van der Waals surface area contributed by atoms with Crippen LogP contribution in [0.4, 0.5) is 0 Å². The molecule has 0 spiro atoms. The predicted octanol–water partition coefficient (Wildman–Crippen LogP) is 2.50. The maximum absolute atomic E-state index is 11.1. The van der Waals surface area contributed by atoms with Gasteiger partial charge in [-0.15, -0.1) is 0 Å². The average Bonchev–Trinajstić information content (AvgIpc) is 2.10. The van der Waals surface area contributed by atoms with E-state index in [1.807, 2.05) is 13.8 Å². The van der Waals surface area contributed by atoms with Crippen LogP contribution in [0.25, 0.3) is 0 Å². The van der Waals surface area contributed by atoms with Gasteiger partial charge in [-0.3, -0.25) is 9.59 Å². The maximum Gasteiger partial charge on any atom is 0.306 e. The Balaban J connectivity index is 3.46. The third kappa shape index (κ3) is 10.9. The second-order valence-corrected chi connectivity index (χ2v) is 7.66. The van der Waals surface area contributed by atoms with Gasteiger partial charge in [-0.2, -0.15) is 0 Å². The summed E-state index contributed by atoms with van der Waals surface area (Å²) < 4.78 is 10.3. The summed E-state index contributed by atoms with van der Waals surface area (Å²) in [5, 5.41) is 0. The second-order valence-electron chi connectivity index (χ2n) is 3.41. The Labute approximate surface area is 123 Å². The number of esters is 2. The lowest BCUT2D eigenvalue weighted by molar-refractivity contribution is -0.152. The second kappa shape index (κ2) is 9.43. The van der Waals surface area contributed by atoms with Crippen molar-refractivity contribution in [3.05, 3.63) is 0 Å². The molecular formula is C10H16I2O4. The molecule has 0 N–H and O–H groups in total. The van der Waals surface area contributed by atoms with Gasteiger partial charge in [-0.1, -0.05) is 59.0 Å². The van der Waals surface area contributed by atoms with Crippen LogP contribution in [-0.2, 0) is 19.1 Å². The minimum atomic E-state index is -0.250. The van der Waals surface area contributed by atoms with E-state index < -0.39 is 0 Å². The quantitative estimate of drug-likeness (QED) is 0.257. The number of halogens is 2. The molecule has 94 valence electrons. The minimum Gasteiger partial charge on any atom is -0.462 e. The molecule has 6 heteroatoms. The van der Waals surface area contributed by atoms with Crippen LogP contribution < -0.4 is 0 Å². The number of rotatable bonds is 7. The summed E-state index contributed by atoms with van der Waals surface area (Å²) in [4.78, 5) is 22.2. The van der Waals surface area contributed by atoms with Gasteiger partial charge in [0, 0.05) is 7.85 Å².